The Balaban J connectivity index is 1.35. The Morgan fingerprint density at radius 3 is 2.45 bits per heavy atom. The molecule has 1 heterocycles. The SMILES string of the molecule is O=C(NC(=S)Nc1ccc(Cc2nc3ccccc3o2)cc1)c1ccc(Cl)cc1. The molecule has 1 aromatic heterocycles. The largest absolute Gasteiger partial charge is 0.440 e. The quantitative estimate of drug-likeness (QED) is 0.443. The van der Waals surface area contributed by atoms with Gasteiger partial charge in [-0.2, -0.15) is 0 Å². The van der Waals surface area contributed by atoms with E-state index >= 15 is 0 Å². The lowest BCUT2D eigenvalue weighted by atomic mass is 10.1. The molecule has 0 saturated heterocycles. The molecular formula is C22H16ClN3O2S. The predicted molar refractivity (Wildman–Crippen MR) is 118 cm³/mol. The van der Waals surface area contributed by atoms with E-state index in [2.05, 4.69) is 15.6 Å². The molecule has 2 N–H and O–H groups in total. The Bertz CT molecular complexity index is 1140. The van der Waals surface area contributed by atoms with E-state index in [0.717, 1.165) is 22.4 Å². The zero-order chi connectivity index (χ0) is 20.2. The Kier molecular flexibility index (Phi) is 5.55. The summed E-state index contributed by atoms with van der Waals surface area (Å²) in [4.78, 5) is 16.7. The molecule has 4 rings (SSSR count). The molecule has 29 heavy (non-hydrogen) atoms. The van der Waals surface area contributed by atoms with Gasteiger partial charge < -0.3 is 9.73 Å². The maximum atomic E-state index is 12.2. The van der Waals surface area contributed by atoms with Crippen LogP contribution in [0.4, 0.5) is 5.69 Å². The molecule has 0 bridgehead atoms. The summed E-state index contributed by atoms with van der Waals surface area (Å²) in [5, 5.41) is 6.44. The summed E-state index contributed by atoms with van der Waals surface area (Å²) in [6.07, 6.45) is 0.590. The Hall–Kier alpha value is -3.22. The number of anilines is 1. The monoisotopic (exact) mass is 421 g/mol. The standard InChI is InChI=1S/C22H16ClN3O2S/c23-16-9-7-15(8-10-16)21(27)26-22(29)24-17-11-5-14(6-12-17)13-20-25-18-3-1-2-4-19(18)28-20/h1-12H,13H2,(H2,24,26,27,29). The first-order chi connectivity index (χ1) is 14.1. The van der Waals surface area contributed by atoms with Crippen molar-refractivity contribution in [2.45, 2.75) is 6.42 Å². The number of benzene rings is 3. The predicted octanol–water partition coefficient (Wildman–Crippen LogP) is 5.20. The highest BCUT2D eigenvalue weighted by atomic mass is 35.5. The van der Waals surface area contributed by atoms with E-state index < -0.39 is 0 Å². The van der Waals surface area contributed by atoms with Gasteiger partial charge in [0, 0.05) is 22.7 Å². The summed E-state index contributed by atoms with van der Waals surface area (Å²) in [6.45, 7) is 0. The normalized spacial score (nSPS) is 10.7. The average Bonchev–Trinajstić information content (AvgIpc) is 3.12. The van der Waals surface area contributed by atoms with Crippen LogP contribution in [0, 0.1) is 0 Å². The summed E-state index contributed by atoms with van der Waals surface area (Å²) >= 11 is 11.1. The van der Waals surface area contributed by atoms with Crippen LogP contribution in [-0.2, 0) is 6.42 Å². The van der Waals surface area contributed by atoms with Gasteiger partial charge in [-0.3, -0.25) is 10.1 Å². The number of amides is 1. The van der Waals surface area contributed by atoms with Gasteiger partial charge in [0.05, 0.1) is 0 Å². The molecule has 0 fully saturated rings. The van der Waals surface area contributed by atoms with Gasteiger partial charge in [0.1, 0.15) is 5.52 Å². The third-order valence-corrected chi connectivity index (χ3v) is 4.69. The van der Waals surface area contributed by atoms with Crippen molar-refractivity contribution >= 4 is 51.6 Å². The van der Waals surface area contributed by atoms with E-state index in [4.69, 9.17) is 28.2 Å². The van der Waals surface area contributed by atoms with Gasteiger partial charge >= 0.3 is 0 Å². The molecule has 0 aliphatic carbocycles. The molecule has 0 aliphatic heterocycles. The van der Waals surface area contributed by atoms with Gasteiger partial charge in [-0.25, -0.2) is 4.98 Å². The van der Waals surface area contributed by atoms with Crippen molar-refractivity contribution in [3.05, 3.63) is 94.8 Å². The highest BCUT2D eigenvalue weighted by Gasteiger charge is 2.09. The number of carbonyl (C=O) groups is 1. The van der Waals surface area contributed by atoms with Crippen molar-refractivity contribution in [3.8, 4) is 0 Å². The Labute approximate surface area is 177 Å². The zero-order valence-corrected chi connectivity index (χ0v) is 16.8. The fraction of sp³-hybridized carbons (Fsp3) is 0.0455. The van der Waals surface area contributed by atoms with Crippen LogP contribution in [0.1, 0.15) is 21.8 Å². The van der Waals surface area contributed by atoms with Crippen LogP contribution in [0.5, 0.6) is 0 Å². The lowest BCUT2D eigenvalue weighted by Crippen LogP contribution is -2.34. The second-order valence-electron chi connectivity index (χ2n) is 6.36. The maximum Gasteiger partial charge on any atom is 0.257 e. The fourth-order valence-electron chi connectivity index (χ4n) is 2.81. The van der Waals surface area contributed by atoms with Crippen LogP contribution >= 0.6 is 23.8 Å². The molecule has 1 amide bonds. The van der Waals surface area contributed by atoms with Crippen LogP contribution < -0.4 is 10.6 Å². The number of fused-ring (bicyclic) bond motifs is 1. The Morgan fingerprint density at radius 1 is 1.00 bits per heavy atom. The summed E-state index contributed by atoms with van der Waals surface area (Å²) in [5.41, 5.74) is 3.93. The van der Waals surface area contributed by atoms with Gasteiger partial charge in [0.25, 0.3) is 5.91 Å². The first-order valence-electron chi connectivity index (χ1n) is 8.88. The summed E-state index contributed by atoms with van der Waals surface area (Å²) in [7, 11) is 0. The maximum absolute atomic E-state index is 12.2. The highest BCUT2D eigenvalue weighted by Crippen LogP contribution is 2.18. The van der Waals surface area contributed by atoms with Gasteiger partial charge in [-0.15, -0.1) is 0 Å². The molecule has 0 unspecified atom stereocenters. The first kappa shape index (κ1) is 19.1. The highest BCUT2D eigenvalue weighted by molar-refractivity contribution is 7.80. The summed E-state index contributed by atoms with van der Waals surface area (Å²) < 4.78 is 5.76. The number of halogens is 1. The number of carbonyl (C=O) groups excluding carboxylic acids is 1. The molecule has 0 atom stereocenters. The third-order valence-electron chi connectivity index (χ3n) is 4.24. The van der Waals surface area contributed by atoms with Crippen LogP contribution in [0.2, 0.25) is 5.02 Å². The number of hydrogen-bond acceptors (Lipinski definition) is 4. The third kappa shape index (κ3) is 4.80. The number of oxazole rings is 1. The van der Waals surface area contributed by atoms with Crippen molar-refractivity contribution < 1.29 is 9.21 Å². The Morgan fingerprint density at radius 2 is 1.72 bits per heavy atom. The number of hydrogen-bond donors (Lipinski definition) is 2. The average molecular weight is 422 g/mol. The minimum atomic E-state index is -0.299. The lowest BCUT2D eigenvalue weighted by molar-refractivity contribution is 0.0977. The van der Waals surface area contributed by atoms with Gasteiger partial charge in [-0.1, -0.05) is 35.9 Å². The van der Waals surface area contributed by atoms with E-state index in [0.29, 0.717) is 22.9 Å². The number of nitrogens with zero attached hydrogens (tertiary/aromatic N) is 1. The molecule has 0 radical (unpaired) electrons. The zero-order valence-electron chi connectivity index (χ0n) is 15.2. The van der Waals surface area contributed by atoms with E-state index in [1.165, 1.54) is 0 Å². The number of thiocarbonyl (C=S) groups is 1. The van der Waals surface area contributed by atoms with Gasteiger partial charge in [-0.05, 0) is 66.3 Å². The number of nitrogens with one attached hydrogen (secondary N) is 2. The van der Waals surface area contributed by atoms with Crippen molar-refractivity contribution in [2.75, 3.05) is 5.32 Å². The van der Waals surface area contributed by atoms with E-state index in [-0.39, 0.29) is 11.0 Å². The van der Waals surface area contributed by atoms with Gasteiger partial charge in [0.15, 0.2) is 16.6 Å². The molecule has 0 spiro atoms. The van der Waals surface area contributed by atoms with Crippen LogP contribution in [0.25, 0.3) is 11.1 Å². The van der Waals surface area contributed by atoms with Crippen molar-refractivity contribution in [2.24, 2.45) is 0 Å². The molecule has 7 heteroatoms. The van der Waals surface area contributed by atoms with Crippen molar-refractivity contribution in [1.82, 2.24) is 10.3 Å². The van der Waals surface area contributed by atoms with Gasteiger partial charge in [0.2, 0.25) is 0 Å². The molecule has 144 valence electrons. The first-order valence-corrected chi connectivity index (χ1v) is 9.67. The van der Waals surface area contributed by atoms with Crippen molar-refractivity contribution in [3.63, 3.8) is 0 Å². The second kappa shape index (κ2) is 8.43. The van der Waals surface area contributed by atoms with Crippen LogP contribution in [-0.4, -0.2) is 16.0 Å². The number of para-hydroxylation sites is 2. The number of aromatic nitrogens is 1. The number of rotatable bonds is 4. The molecule has 0 aliphatic rings. The van der Waals surface area contributed by atoms with Crippen LogP contribution in [0.3, 0.4) is 0 Å². The fourth-order valence-corrected chi connectivity index (χ4v) is 3.15. The molecule has 5 nitrogen and oxygen atoms in total. The molecule has 4 aromatic rings. The minimum Gasteiger partial charge on any atom is -0.440 e. The topological polar surface area (TPSA) is 67.2 Å². The molecular weight excluding hydrogens is 406 g/mol. The van der Waals surface area contributed by atoms with E-state index in [1.807, 2.05) is 48.5 Å². The smallest absolute Gasteiger partial charge is 0.257 e. The van der Waals surface area contributed by atoms with Crippen molar-refractivity contribution in [1.29, 1.82) is 0 Å². The summed E-state index contributed by atoms with van der Waals surface area (Å²) in [5.74, 6) is 0.365. The van der Waals surface area contributed by atoms with E-state index in [9.17, 15) is 4.79 Å². The minimum absolute atomic E-state index is 0.219. The van der Waals surface area contributed by atoms with Crippen LogP contribution in [0.15, 0.2) is 77.2 Å². The molecule has 3 aromatic carbocycles. The summed E-state index contributed by atoms with van der Waals surface area (Å²) in [6, 6.07) is 22.0. The van der Waals surface area contributed by atoms with E-state index in [1.54, 1.807) is 24.3 Å². The lowest BCUT2D eigenvalue weighted by Gasteiger charge is -2.10. The second-order valence-corrected chi connectivity index (χ2v) is 7.21. The molecule has 0 saturated carbocycles.